The van der Waals surface area contributed by atoms with E-state index in [0.29, 0.717) is 0 Å². The van der Waals surface area contributed by atoms with Crippen LogP contribution >= 0.6 is 0 Å². The molecule has 2 aromatic rings. The molecule has 1 aromatic carbocycles. The Morgan fingerprint density at radius 3 is 2.50 bits per heavy atom. The normalized spacial score (nSPS) is 12.5. The molecule has 0 aliphatic heterocycles. The predicted molar refractivity (Wildman–Crippen MR) is 101 cm³/mol. The van der Waals surface area contributed by atoms with Crippen LogP contribution in [0, 0.1) is 0 Å². The number of hydrogen-bond donors (Lipinski definition) is 3. The molecule has 1 unspecified atom stereocenters. The smallest absolute Gasteiger partial charge is 0.191 e. The molecule has 3 N–H and O–H groups in total. The number of anilines is 1. The number of unbranched alkanes of at least 4 members (excludes halogenated alkanes) is 1. The summed E-state index contributed by atoms with van der Waals surface area (Å²) in [6.45, 7) is 3.95. The molecule has 24 heavy (non-hydrogen) atoms. The maximum absolute atomic E-state index is 4.29. The molecule has 0 spiro atoms. The largest absolute Gasteiger partial charge is 0.370 e. The third-order valence-corrected chi connectivity index (χ3v) is 3.74. The van der Waals surface area contributed by atoms with Crippen LogP contribution in [-0.2, 0) is 0 Å². The van der Waals surface area contributed by atoms with E-state index in [4.69, 9.17) is 0 Å². The molecule has 0 saturated heterocycles. The monoisotopic (exact) mass is 325 g/mol. The van der Waals surface area contributed by atoms with Gasteiger partial charge in [0.2, 0.25) is 0 Å². The highest BCUT2D eigenvalue weighted by molar-refractivity contribution is 5.80. The van der Waals surface area contributed by atoms with Gasteiger partial charge in [-0.05, 0) is 37.5 Å². The lowest BCUT2D eigenvalue weighted by Gasteiger charge is -2.18. The highest BCUT2D eigenvalue weighted by Gasteiger charge is 2.06. The zero-order chi connectivity index (χ0) is 17.0. The van der Waals surface area contributed by atoms with Gasteiger partial charge in [-0.25, -0.2) is 4.98 Å². The van der Waals surface area contributed by atoms with E-state index >= 15 is 0 Å². The first-order chi connectivity index (χ1) is 11.8. The van der Waals surface area contributed by atoms with Crippen molar-refractivity contribution in [2.24, 2.45) is 4.99 Å². The summed E-state index contributed by atoms with van der Waals surface area (Å²) >= 11 is 0. The van der Waals surface area contributed by atoms with Gasteiger partial charge in [-0.3, -0.25) is 4.99 Å². The third kappa shape index (κ3) is 6.28. The van der Waals surface area contributed by atoms with Crippen LogP contribution in [0.2, 0.25) is 0 Å². The van der Waals surface area contributed by atoms with Crippen molar-refractivity contribution in [2.75, 3.05) is 25.5 Å². The first-order valence-corrected chi connectivity index (χ1v) is 8.46. The first kappa shape index (κ1) is 17.8. The molecule has 0 amide bonds. The van der Waals surface area contributed by atoms with Crippen LogP contribution in [0.5, 0.6) is 0 Å². The number of nitrogens with one attached hydrogen (secondary N) is 3. The second-order valence-corrected chi connectivity index (χ2v) is 5.62. The summed E-state index contributed by atoms with van der Waals surface area (Å²) in [7, 11) is 1.80. The number of rotatable bonds is 8. The molecule has 0 radical (unpaired) electrons. The van der Waals surface area contributed by atoms with Gasteiger partial charge in [0.1, 0.15) is 5.82 Å². The minimum atomic E-state index is 0.225. The molecule has 0 saturated carbocycles. The molecule has 0 aliphatic carbocycles. The molecule has 0 bridgehead atoms. The van der Waals surface area contributed by atoms with E-state index in [1.54, 1.807) is 13.2 Å². The molecule has 1 heterocycles. The number of aromatic nitrogens is 1. The summed E-state index contributed by atoms with van der Waals surface area (Å²) in [6, 6.07) is 16.5. The van der Waals surface area contributed by atoms with Gasteiger partial charge < -0.3 is 16.0 Å². The highest BCUT2D eigenvalue weighted by Crippen LogP contribution is 2.10. The van der Waals surface area contributed by atoms with Gasteiger partial charge in [0.05, 0.1) is 6.04 Å². The topological polar surface area (TPSA) is 61.3 Å². The van der Waals surface area contributed by atoms with Gasteiger partial charge in [-0.1, -0.05) is 36.4 Å². The Balaban J connectivity index is 1.61. The molecule has 0 aliphatic rings. The lowest BCUT2D eigenvalue weighted by Crippen LogP contribution is -2.39. The van der Waals surface area contributed by atoms with E-state index in [-0.39, 0.29) is 6.04 Å². The van der Waals surface area contributed by atoms with Crippen LogP contribution in [0.4, 0.5) is 5.82 Å². The summed E-state index contributed by atoms with van der Waals surface area (Å²) in [6.07, 6.45) is 3.95. The maximum Gasteiger partial charge on any atom is 0.191 e. The molecule has 2 rings (SSSR count). The van der Waals surface area contributed by atoms with Crippen LogP contribution in [0.1, 0.15) is 31.4 Å². The van der Waals surface area contributed by atoms with Crippen LogP contribution in [-0.4, -0.2) is 31.1 Å². The average molecular weight is 325 g/mol. The average Bonchev–Trinajstić information content (AvgIpc) is 2.65. The van der Waals surface area contributed by atoms with Crippen molar-refractivity contribution < 1.29 is 0 Å². The summed E-state index contributed by atoms with van der Waals surface area (Å²) in [5.74, 6) is 1.77. The van der Waals surface area contributed by atoms with E-state index in [1.807, 2.05) is 24.3 Å². The quantitative estimate of drug-likeness (QED) is 0.396. The highest BCUT2D eigenvalue weighted by atomic mass is 15.2. The Labute approximate surface area is 144 Å². The van der Waals surface area contributed by atoms with Crippen molar-refractivity contribution in [3.8, 4) is 0 Å². The molecule has 128 valence electrons. The van der Waals surface area contributed by atoms with Crippen LogP contribution in [0.3, 0.4) is 0 Å². The van der Waals surface area contributed by atoms with E-state index in [1.165, 1.54) is 5.56 Å². The Hall–Kier alpha value is -2.56. The fourth-order valence-corrected chi connectivity index (χ4v) is 2.37. The van der Waals surface area contributed by atoms with Crippen molar-refractivity contribution in [3.63, 3.8) is 0 Å². The van der Waals surface area contributed by atoms with Gasteiger partial charge in [-0.2, -0.15) is 0 Å². The van der Waals surface area contributed by atoms with Gasteiger partial charge in [0.15, 0.2) is 5.96 Å². The zero-order valence-electron chi connectivity index (χ0n) is 14.5. The Bertz CT molecular complexity index is 598. The van der Waals surface area contributed by atoms with Crippen molar-refractivity contribution in [1.82, 2.24) is 15.6 Å². The third-order valence-electron chi connectivity index (χ3n) is 3.74. The van der Waals surface area contributed by atoms with Crippen LogP contribution in [0.15, 0.2) is 59.7 Å². The minimum Gasteiger partial charge on any atom is -0.370 e. The summed E-state index contributed by atoms with van der Waals surface area (Å²) in [5.41, 5.74) is 1.25. The number of pyridine rings is 1. The lowest BCUT2D eigenvalue weighted by atomic mass is 10.1. The number of hydrogen-bond acceptors (Lipinski definition) is 3. The summed E-state index contributed by atoms with van der Waals surface area (Å²) < 4.78 is 0. The molecule has 0 fully saturated rings. The molecule has 5 heteroatoms. The molecule has 5 nitrogen and oxygen atoms in total. The van der Waals surface area contributed by atoms with Gasteiger partial charge in [0, 0.05) is 26.3 Å². The maximum atomic E-state index is 4.29. The fraction of sp³-hybridized carbons (Fsp3) is 0.368. The van der Waals surface area contributed by atoms with Crippen LogP contribution < -0.4 is 16.0 Å². The molecule has 1 atom stereocenters. The first-order valence-electron chi connectivity index (χ1n) is 8.46. The van der Waals surface area contributed by atoms with Crippen molar-refractivity contribution in [2.45, 2.75) is 25.8 Å². The molecule has 1 aromatic heterocycles. The number of aliphatic imine (C=N–C) groups is 1. The van der Waals surface area contributed by atoms with Gasteiger partial charge in [-0.15, -0.1) is 0 Å². The van der Waals surface area contributed by atoms with Crippen molar-refractivity contribution >= 4 is 11.8 Å². The van der Waals surface area contributed by atoms with Crippen molar-refractivity contribution in [1.29, 1.82) is 0 Å². The molecular formula is C19H27N5. The van der Waals surface area contributed by atoms with Gasteiger partial charge in [0.25, 0.3) is 0 Å². The fourth-order valence-electron chi connectivity index (χ4n) is 2.37. The predicted octanol–water partition coefficient (Wildman–Crippen LogP) is 3.20. The van der Waals surface area contributed by atoms with E-state index < -0.39 is 0 Å². The SMILES string of the molecule is CN=C(NCCCCNc1ccccn1)NC(C)c1ccccc1. The Kier molecular flexibility index (Phi) is 7.60. The number of guanidine groups is 1. The summed E-state index contributed by atoms with van der Waals surface area (Å²) in [5, 5.41) is 10.1. The second-order valence-electron chi connectivity index (χ2n) is 5.62. The van der Waals surface area contributed by atoms with Crippen molar-refractivity contribution in [3.05, 3.63) is 60.3 Å². The Morgan fingerprint density at radius 1 is 1.04 bits per heavy atom. The summed E-state index contributed by atoms with van der Waals surface area (Å²) in [4.78, 5) is 8.53. The Morgan fingerprint density at radius 2 is 1.79 bits per heavy atom. The standard InChI is InChI=1S/C19H27N5/c1-16(17-10-4-3-5-11-17)24-19(20-2)23-15-9-8-14-22-18-12-6-7-13-21-18/h3-7,10-13,16H,8-9,14-15H2,1-2H3,(H,21,22)(H2,20,23,24). The minimum absolute atomic E-state index is 0.225. The van der Waals surface area contributed by atoms with Gasteiger partial charge >= 0.3 is 0 Å². The lowest BCUT2D eigenvalue weighted by molar-refractivity contribution is 0.666. The van der Waals surface area contributed by atoms with E-state index in [2.05, 4.69) is 57.1 Å². The van der Waals surface area contributed by atoms with E-state index in [9.17, 15) is 0 Å². The zero-order valence-corrected chi connectivity index (χ0v) is 14.5. The number of benzene rings is 1. The second kappa shape index (κ2) is 10.3. The molecular weight excluding hydrogens is 298 g/mol. The number of nitrogens with zero attached hydrogens (tertiary/aromatic N) is 2. The van der Waals surface area contributed by atoms with E-state index in [0.717, 1.165) is 37.7 Å². The van der Waals surface area contributed by atoms with Crippen LogP contribution in [0.25, 0.3) is 0 Å².